The van der Waals surface area contributed by atoms with E-state index in [9.17, 15) is 0 Å². The summed E-state index contributed by atoms with van der Waals surface area (Å²) in [5.41, 5.74) is 8.45. The molecule has 0 radical (unpaired) electrons. The summed E-state index contributed by atoms with van der Waals surface area (Å²) in [5.74, 6) is 0.855. The Morgan fingerprint density at radius 1 is 0.515 bits per heavy atom. The molecule has 1 heteroatoms. The molecule has 1 nitrogen and oxygen atoms in total. The first-order valence-corrected chi connectivity index (χ1v) is 11.2. The van der Waals surface area contributed by atoms with Crippen molar-refractivity contribution in [3.63, 3.8) is 0 Å². The van der Waals surface area contributed by atoms with Crippen LogP contribution in [0, 0.1) is 6.92 Å². The number of hydrogen-bond acceptors (Lipinski definition) is 1. The zero-order chi connectivity index (χ0) is 22.6. The molecule has 0 heterocycles. The monoisotopic (exact) mass is 426 g/mol. The Hall–Kier alpha value is -4.10. The molecule has 5 aromatic rings. The number of benzene rings is 5. The van der Waals surface area contributed by atoms with E-state index in [4.69, 9.17) is 4.74 Å². The van der Waals surface area contributed by atoms with Crippen molar-refractivity contribution in [3.05, 3.63) is 149 Å². The van der Waals surface area contributed by atoms with E-state index in [1.54, 1.807) is 7.11 Å². The maximum atomic E-state index is 5.44. The normalized spacial score (nSPS) is 11.8. The molecule has 0 atom stereocenters. The van der Waals surface area contributed by atoms with Crippen molar-refractivity contribution >= 4 is 21.9 Å². The topological polar surface area (TPSA) is 9.23 Å². The van der Waals surface area contributed by atoms with Crippen molar-refractivity contribution < 1.29 is 4.74 Å². The molecule has 0 saturated carbocycles. The van der Waals surface area contributed by atoms with Gasteiger partial charge >= 0.3 is 0 Å². The van der Waals surface area contributed by atoms with Crippen LogP contribution in [-0.2, 0) is 0 Å². The van der Waals surface area contributed by atoms with E-state index < -0.39 is 0 Å². The van der Waals surface area contributed by atoms with Gasteiger partial charge in [-0.1, -0.05) is 115 Å². The summed E-state index contributed by atoms with van der Waals surface area (Å²) in [5, 5.41) is 2.48. The average Bonchev–Trinajstić information content (AvgIpc) is 2.88. The number of rotatable bonds is 5. The molecule has 0 spiro atoms. The van der Waals surface area contributed by atoms with Gasteiger partial charge < -0.3 is 4.74 Å². The Morgan fingerprint density at radius 3 is 1.79 bits per heavy atom. The van der Waals surface area contributed by atoms with Crippen molar-refractivity contribution in [2.75, 3.05) is 7.11 Å². The van der Waals surface area contributed by atoms with Crippen LogP contribution in [0.25, 0.3) is 21.9 Å². The SMILES string of the molecule is COc1ccc(/C(=C(\c2ccccc2)c2cccc3ccccc23)c2ccc(C)cc2)cc1. The third-order valence-corrected chi connectivity index (χ3v) is 6.09. The van der Waals surface area contributed by atoms with Crippen LogP contribution in [0.1, 0.15) is 27.8 Å². The van der Waals surface area contributed by atoms with Crippen molar-refractivity contribution in [2.24, 2.45) is 0 Å². The van der Waals surface area contributed by atoms with Crippen molar-refractivity contribution in [2.45, 2.75) is 6.92 Å². The van der Waals surface area contributed by atoms with Gasteiger partial charge in [0.25, 0.3) is 0 Å². The molecular weight excluding hydrogens is 400 g/mol. The summed E-state index contributed by atoms with van der Waals surface area (Å²) in [6.45, 7) is 2.13. The predicted octanol–water partition coefficient (Wildman–Crippen LogP) is 8.16. The molecule has 0 unspecified atom stereocenters. The Balaban J connectivity index is 1.91. The molecule has 0 saturated heterocycles. The minimum Gasteiger partial charge on any atom is -0.497 e. The van der Waals surface area contributed by atoms with Gasteiger partial charge in [-0.25, -0.2) is 0 Å². The minimum atomic E-state index is 0.855. The van der Waals surface area contributed by atoms with Crippen LogP contribution in [-0.4, -0.2) is 7.11 Å². The third-order valence-electron chi connectivity index (χ3n) is 6.09. The zero-order valence-electron chi connectivity index (χ0n) is 19.0. The summed E-state index contributed by atoms with van der Waals surface area (Å²) >= 11 is 0. The standard InChI is InChI=1S/C32H26O/c1-23-15-17-26(18-16-23)31(27-19-21-28(33-2)22-20-27)32(25-10-4-3-5-11-25)30-14-8-12-24-9-6-7-13-29(24)30/h3-22H,1-2H3/b32-31+. The maximum Gasteiger partial charge on any atom is 0.118 e. The maximum absolute atomic E-state index is 5.44. The highest BCUT2D eigenvalue weighted by Crippen LogP contribution is 2.39. The summed E-state index contributed by atoms with van der Waals surface area (Å²) in [7, 11) is 1.71. The quantitative estimate of drug-likeness (QED) is 0.258. The van der Waals surface area contributed by atoms with Crippen molar-refractivity contribution in [1.29, 1.82) is 0 Å². The fraction of sp³-hybridized carbons (Fsp3) is 0.0625. The van der Waals surface area contributed by atoms with Gasteiger partial charge in [0.2, 0.25) is 0 Å². The number of ether oxygens (including phenoxy) is 1. The molecule has 5 rings (SSSR count). The molecular formula is C32H26O. The lowest BCUT2D eigenvalue weighted by molar-refractivity contribution is 0.415. The highest BCUT2D eigenvalue weighted by molar-refractivity contribution is 6.10. The molecule has 5 aromatic carbocycles. The largest absolute Gasteiger partial charge is 0.497 e. The predicted molar refractivity (Wildman–Crippen MR) is 140 cm³/mol. The third kappa shape index (κ3) is 4.18. The van der Waals surface area contributed by atoms with Crippen molar-refractivity contribution in [1.82, 2.24) is 0 Å². The van der Waals surface area contributed by atoms with E-state index in [0.717, 1.165) is 11.3 Å². The van der Waals surface area contributed by atoms with E-state index in [2.05, 4.69) is 116 Å². The highest BCUT2D eigenvalue weighted by Gasteiger charge is 2.18. The summed E-state index contributed by atoms with van der Waals surface area (Å²) < 4.78 is 5.44. The van der Waals surface area contributed by atoms with Gasteiger partial charge in [-0.05, 0) is 63.2 Å². The number of hydrogen-bond donors (Lipinski definition) is 0. The number of fused-ring (bicyclic) bond motifs is 1. The Morgan fingerprint density at radius 2 is 1.09 bits per heavy atom. The molecule has 0 bridgehead atoms. The first-order chi connectivity index (χ1) is 16.2. The van der Waals surface area contributed by atoms with Gasteiger partial charge in [0.1, 0.15) is 5.75 Å². The van der Waals surface area contributed by atoms with E-state index in [1.165, 1.54) is 44.2 Å². The smallest absolute Gasteiger partial charge is 0.118 e. The summed E-state index contributed by atoms with van der Waals surface area (Å²) in [4.78, 5) is 0. The second kappa shape index (κ2) is 9.18. The molecule has 0 aliphatic carbocycles. The molecule has 0 N–H and O–H groups in total. The van der Waals surface area contributed by atoms with Gasteiger partial charge in [0, 0.05) is 0 Å². The lowest BCUT2D eigenvalue weighted by Gasteiger charge is -2.20. The van der Waals surface area contributed by atoms with Gasteiger partial charge in [-0.2, -0.15) is 0 Å². The van der Waals surface area contributed by atoms with Crippen LogP contribution >= 0.6 is 0 Å². The first-order valence-electron chi connectivity index (χ1n) is 11.2. The van der Waals surface area contributed by atoms with E-state index in [-0.39, 0.29) is 0 Å². The van der Waals surface area contributed by atoms with Crippen LogP contribution in [0.15, 0.2) is 121 Å². The second-order valence-corrected chi connectivity index (χ2v) is 8.24. The van der Waals surface area contributed by atoms with Gasteiger partial charge in [0.15, 0.2) is 0 Å². The summed E-state index contributed by atoms with van der Waals surface area (Å²) in [6, 6.07) is 43.1. The lowest BCUT2D eigenvalue weighted by Crippen LogP contribution is -1.98. The molecule has 0 aliphatic rings. The van der Waals surface area contributed by atoms with E-state index >= 15 is 0 Å². The molecule has 0 aromatic heterocycles. The summed E-state index contributed by atoms with van der Waals surface area (Å²) in [6.07, 6.45) is 0. The van der Waals surface area contributed by atoms with Gasteiger partial charge in [-0.15, -0.1) is 0 Å². The van der Waals surface area contributed by atoms with Crippen molar-refractivity contribution in [3.8, 4) is 5.75 Å². The fourth-order valence-electron chi connectivity index (χ4n) is 4.42. The lowest BCUT2D eigenvalue weighted by atomic mass is 9.84. The average molecular weight is 427 g/mol. The fourth-order valence-corrected chi connectivity index (χ4v) is 4.42. The number of methoxy groups -OCH3 is 1. The van der Waals surface area contributed by atoms with Crippen LogP contribution in [0.3, 0.4) is 0 Å². The van der Waals surface area contributed by atoms with Crippen LogP contribution in [0.2, 0.25) is 0 Å². The van der Waals surface area contributed by atoms with Crippen LogP contribution < -0.4 is 4.74 Å². The van der Waals surface area contributed by atoms with Crippen LogP contribution in [0.4, 0.5) is 0 Å². The Kier molecular flexibility index (Phi) is 5.78. The molecule has 33 heavy (non-hydrogen) atoms. The minimum absolute atomic E-state index is 0.855. The van der Waals surface area contributed by atoms with E-state index in [0.29, 0.717) is 0 Å². The Bertz CT molecular complexity index is 1400. The molecule has 0 aliphatic heterocycles. The highest BCUT2D eigenvalue weighted by atomic mass is 16.5. The van der Waals surface area contributed by atoms with Crippen LogP contribution in [0.5, 0.6) is 5.75 Å². The molecule has 0 amide bonds. The van der Waals surface area contributed by atoms with Gasteiger partial charge in [0.05, 0.1) is 7.11 Å². The van der Waals surface area contributed by atoms with E-state index in [1.807, 2.05) is 12.1 Å². The Labute approximate surface area is 195 Å². The second-order valence-electron chi connectivity index (χ2n) is 8.24. The molecule has 160 valence electrons. The molecule has 0 fully saturated rings. The zero-order valence-corrected chi connectivity index (χ0v) is 19.0. The first kappa shape index (κ1) is 20.8. The van der Waals surface area contributed by atoms with Gasteiger partial charge in [-0.3, -0.25) is 0 Å². The number of aryl methyl sites for hydroxylation is 1.